The van der Waals surface area contributed by atoms with Crippen molar-refractivity contribution in [2.45, 2.75) is 38.7 Å². The van der Waals surface area contributed by atoms with Crippen molar-refractivity contribution in [2.75, 3.05) is 19.6 Å². The zero-order valence-corrected chi connectivity index (χ0v) is 13.9. The van der Waals surface area contributed by atoms with Crippen LogP contribution in [0, 0.1) is 6.92 Å². The fourth-order valence-electron chi connectivity index (χ4n) is 2.73. The molecule has 8 heteroatoms. The normalized spacial score (nSPS) is 20.7. The molecule has 2 amide bonds. The second-order valence-corrected chi connectivity index (χ2v) is 6.04. The van der Waals surface area contributed by atoms with E-state index in [2.05, 4.69) is 10.5 Å². The van der Waals surface area contributed by atoms with E-state index in [1.807, 2.05) is 19.1 Å². The van der Waals surface area contributed by atoms with Gasteiger partial charge in [0.2, 0.25) is 5.91 Å². The maximum absolute atomic E-state index is 12.1. The summed E-state index contributed by atoms with van der Waals surface area (Å²) < 4.78 is 4.79. The number of hydrogen-bond donors (Lipinski definition) is 3. The zero-order valence-electron chi connectivity index (χ0n) is 13.9. The Labute approximate surface area is 139 Å². The highest BCUT2D eigenvalue weighted by atomic mass is 16.5. The molecule has 8 nitrogen and oxygen atoms in total. The highest BCUT2D eigenvalue weighted by Gasteiger charge is 2.38. The van der Waals surface area contributed by atoms with Crippen LogP contribution in [0.3, 0.4) is 0 Å². The van der Waals surface area contributed by atoms with Gasteiger partial charge in [-0.3, -0.25) is 14.4 Å². The first-order valence-electron chi connectivity index (χ1n) is 7.94. The molecule has 24 heavy (non-hydrogen) atoms. The third-order valence-electron chi connectivity index (χ3n) is 4.13. The lowest BCUT2D eigenvalue weighted by atomic mass is 10.0. The first-order chi connectivity index (χ1) is 11.4. The van der Waals surface area contributed by atoms with Crippen LogP contribution >= 0.6 is 0 Å². The largest absolute Gasteiger partial charge is 0.386 e. The Morgan fingerprint density at radius 3 is 2.88 bits per heavy atom. The van der Waals surface area contributed by atoms with Crippen LogP contribution in [0.15, 0.2) is 21.5 Å². The predicted octanol–water partition coefficient (Wildman–Crippen LogP) is 0.326. The number of carbonyl (C=O) groups excluding carboxylic acids is 2. The van der Waals surface area contributed by atoms with E-state index in [0.29, 0.717) is 25.8 Å². The Morgan fingerprint density at radius 2 is 2.25 bits per heavy atom. The van der Waals surface area contributed by atoms with Crippen LogP contribution in [0.4, 0.5) is 0 Å². The number of aromatic nitrogens is 1. The molecule has 1 saturated heterocycles. The van der Waals surface area contributed by atoms with Crippen molar-refractivity contribution in [1.29, 1.82) is 0 Å². The summed E-state index contributed by atoms with van der Waals surface area (Å²) >= 11 is 0. The van der Waals surface area contributed by atoms with Gasteiger partial charge in [0, 0.05) is 19.5 Å². The fraction of sp³-hybridized carbons (Fsp3) is 0.562. The smallest absolute Gasteiger partial charge is 0.293 e. The van der Waals surface area contributed by atoms with Gasteiger partial charge < -0.3 is 19.8 Å². The van der Waals surface area contributed by atoms with Crippen molar-refractivity contribution < 1.29 is 19.2 Å². The summed E-state index contributed by atoms with van der Waals surface area (Å²) in [5.74, 6) is -0.428. The zero-order chi connectivity index (χ0) is 17.7. The lowest BCUT2D eigenvalue weighted by molar-refractivity contribution is -0.131. The lowest BCUT2D eigenvalue weighted by Crippen LogP contribution is -2.46. The minimum absolute atomic E-state index is 0.0162. The molecule has 0 radical (unpaired) electrons. The van der Waals surface area contributed by atoms with Crippen molar-refractivity contribution in [3.05, 3.63) is 33.8 Å². The molecule has 1 aromatic heterocycles. The molecule has 1 fully saturated rings. The molecule has 1 aliphatic rings. The Morgan fingerprint density at radius 1 is 1.50 bits per heavy atom. The molecule has 0 bridgehead atoms. The first-order valence-corrected chi connectivity index (χ1v) is 7.94. The van der Waals surface area contributed by atoms with Crippen LogP contribution in [0.25, 0.3) is 0 Å². The molecule has 1 atom stereocenters. The summed E-state index contributed by atoms with van der Waals surface area (Å²) in [4.78, 5) is 37.2. The molecule has 3 N–H and O–H groups in total. The van der Waals surface area contributed by atoms with Crippen LogP contribution < -0.4 is 10.9 Å². The van der Waals surface area contributed by atoms with Crippen LogP contribution in [0.5, 0.6) is 0 Å². The van der Waals surface area contributed by atoms with Crippen molar-refractivity contribution in [3.8, 4) is 0 Å². The minimum Gasteiger partial charge on any atom is -0.386 e. The topological polar surface area (TPSA) is 116 Å². The number of likely N-dealkylation sites (tertiary alicyclic amines) is 1. The number of β-amino-alcohol motifs (C(OH)–C–C–N with tert-alkyl or cyclic N) is 1. The quantitative estimate of drug-likeness (QED) is 0.647. The minimum atomic E-state index is -1.18. The van der Waals surface area contributed by atoms with Gasteiger partial charge in [0.05, 0.1) is 6.54 Å². The van der Waals surface area contributed by atoms with Gasteiger partial charge in [-0.1, -0.05) is 12.2 Å². The van der Waals surface area contributed by atoms with Gasteiger partial charge in [-0.15, -0.1) is 0 Å². The molecule has 0 spiro atoms. The van der Waals surface area contributed by atoms with Gasteiger partial charge in [0.15, 0.2) is 0 Å². The van der Waals surface area contributed by atoms with Crippen molar-refractivity contribution in [2.24, 2.45) is 0 Å². The molecule has 1 aliphatic heterocycles. The lowest BCUT2D eigenvalue weighted by Gasteiger charge is -2.23. The summed E-state index contributed by atoms with van der Waals surface area (Å²) in [5.41, 5.74) is -1.89. The Kier molecular flexibility index (Phi) is 5.61. The number of nitrogens with one attached hydrogen (secondary N) is 2. The van der Waals surface area contributed by atoms with Gasteiger partial charge in [0.25, 0.3) is 11.5 Å². The predicted molar refractivity (Wildman–Crippen MR) is 86.6 cm³/mol. The summed E-state index contributed by atoms with van der Waals surface area (Å²) in [6, 6.07) is 0. The van der Waals surface area contributed by atoms with Crippen molar-refractivity contribution in [1.82, 2.24) is 15.4 Å². The van der Waals surface area contributed by atoms with Crippen LogP contribution in [-0.4, -0.2) is 52.2 Å². The molecule has 2 heterocycles. The second-order valence-electron chi connectivity index (χ2n) is 6.04. The summed E-state index contributed by atoms with van der Waals surface area (Å²) in [5, 5.41) is 15.2. The highest BCUT2D eigenvalue weighted by Crippen LogP contribution is 2.21. The second kappa shape index (κ2) is 7.48. The third-order valence-corrected chi connectivity index (χ3v) is 4.13. The standard InChI is InChI=1S/C16H23N3O5/c1-3-4-5-6-12(20)19-8-7-16(23,10-19)9-17-14(21)13-11(2)24-18-15(13)22/h3-4,23H,5-10H2,1-2H3,(H,17,21)(H,18,22)/b4-3+. The highest BCUT2D eigenvalue weighted by molar-refractivity contribution is 5.94. The summed E-state index contributed by atoms with van der Waals surface area (Å²) in [7, 11) is 0. The third kappa shape index (κ3) is 4.14. The Bertz CT molecular complexity index is 690. The number of aliphatic hydroxyl groups is 1. The maximum atomic E-state index is 12.1. The summed E-state index contributed by atoms with van der Waals surface area (Å²) in [6.07, 6.45) is 5.26. The molecule has 2 rings (SSSR count). The molecule has 0 saturated carbocycles. The molecule has 1 aromatic rings. The fourth-order valence-corrected chi connectivity index (χ4v) is 2.73. The SMILES string of the molecule is C/C=C/CCC(=O)N1CCC(O)(CNC(=O)c2c(C)o[nH]c2=O)C1. The molecular weight excluding hydrogens is 314 g/mol. The monoisotopic (exact) mass is 337 g/mol. The van der Waals surface area contributed by atoms with Gasteiger partial charge in [-0.05, 0) is 26.7 Å². The van der Waals surface area contributed by atoms with E-state index >= 15 is 0 Å². The number of carbonyl (C=O) groups is 2. The molecule has 0 aliphatic carbocycles. The first kappa shape index (κ1) is 18.0. The number of hydrogen-bond acceptors (Lipinski definition) is 5. The van der Waals surface area contributed by atoms with E-state index in [-0.39, 0.29) is 30.3 Å². The van der Waals surface area contributed by atoms with Crippen molar-refractivity contribution >= 4 is 11.8 Å². The molecular formula is C16H23N3O5. The van der Waals surface area contributed by atoms with E-state index in [1.54, 1.807) is 4.90 Å². The van der Waals surface area contributed by atoms with E-state index in [0.717, 1.165) is 0 Å². The van der Waals surface area contributed by atoms with Gasteiger partial charge in [0.1, 0.15) is 16.9 Å². The van der Waals surface area contributed by atoms with Crippen molar-refractivity contribution in [3.63, 3.8) is 0 Å². The number of nitrogens with zero attached hydrogens (tertiary/aromatic N) is 1. The van der Waals surface area contributed by atoms with Crippen LogP contribution in [0.2, 0.25) is 0 Å². The molecule has 1 unspecified atom stereocenters. The maximum Gasteiger partial charge on any atom is 0.293 e. The number of aromatic amines is 1. The van der Waals surface area contributed by atoms with E-state index in [1.165, 1.54) is 6.92 Å². The number of allylic oxidation sites excluding steroid dienone is 2. The van der Waals surface area contributed by atoms with Crippen LogP contribution in [0.1, 0.15) is 42.3 Å². The van der Waals surface area contributed by atoms with Gasteiger partial charge in [-0.25, -0.2) is 0 Å². The van der Waals surface area contributed by atoms with Gasteiger partial charge in [-0.2, -0.15) is 5.16 Å². The van der Waals surface area contributed by atoms with Gasteiger partial charge >= 0.3 is 0 Å². The number of rotatable bonds is 6. The average Bonchev–Trinajstić information content (AvgIpc) is 3.09. The number of amides is 2. The Hall–Kier alpha value is -2.35. The number of aryl methyl sites for hydroxylation is 1. The summed E-state index contributed by atoms with van der Waals surface area (Å²) in [6.45, 7) is 3.99. The number of H-pyrrole nitrogens is 1. The van der Waals surface area contributed by atoms with E-state index in [9.17, 15) is 19.5 Å². The molecule has 132 valence electrons. The molecule has 0 aromatic carbocycles. The Balaban J connectivity index is 1.88. The average molecular weight is 337 g/mol. The van der Waals surface area contributed by atoms with Crippen LogP contribution in [-0.2, 0) is 4.79 Å². The van der Waals surface area contributed by atoms with E-state index < -0.39 is 17.1 Å². The van der Waals surface area contributed by atoms with E-state index in [4.69, 9.17) is 4.52 Å².